The van der Waals surface area contributed by atoms with Crippen LogP contribution in [-0.2, 0) is 4.84 Å². The average molecular weight is 167 g/mol. The van der Waals surface area contributed by atoms with E-state index in [1.54, 1.807) is 17.6 Å². The molecule has 0 fully saturated rings. The molecule has 0 aliphatic rings. The van der Waals surface area contributed by atoms with Gasteiger partial charge in [-0.05, 0) is 23.6 Å². The predicted octanol–water partition coefficient (Wildman–Crippen LogP) is 2.39. The first-order chi connectivity index (χ1) is 5.43. The lowest BCUT2D eigenvalue weighted by molar-refractivity contribution is 0.215. The lowest BCUT2D eigenvalue weighted by Crippen LogP contribution is -1.67. The van der Waals surface area contributed by atoms with Crippen molar-refractivity contribution in [3.8, 4) is 0 Å². The molecule has 0 aliphatic heterocycles. The molecule has 1 aromatic rings. The molecule has 0 aromatic carbocycles. The standard InChI is InChI=1S/C8H9NOS/c1-10-9-6-2-4-8-5-3-7-11-8/h2-7H,1H3. The third-order valence-electron chi connectivity index (χ3n) is 1.06. The number of allylic oxidation sites excluding steroid dienone is 1. The number of thiophene rings is 1. The Balaban J connectivity index is 2.43. The molecule has 0 N–H and O–H groups in total. The van der Waals surface area contributed by atoms with E-state index in [2.05, 4.69) is 9.99 Å². The Morgan fingerprint density at radius 2 is 2.55 bits per heavy atom. The van der Waals surface area contributed by atoms with Crippen LogP contribution in [0.3, 0.4) is 0 Å². The highest BCUT2D eigenvalue weighted by Gasteiger charge is 1.81. The van der Waals surface area contributed by atoms with Crippen LogP contribution in [0.25, 0.3) is 6.08 Å². The van der Waals surface area contributed by atoms with Crippen LogP contribution in [0.15, 0.2) is 28.7 Å². The smallest absolute Gasteiger partial charge is 0.106 e. The largest absolute Gasteiger partial charge is 0.399 e. The van der Waals surface area contributed by atoms with E-state index < -0.39 is 0 Å². The summed E-state index contributed by atoms with van der Waals surface area (Å²) in [6, 6.07) is 4.06. The second kappa shape index (κ2) is 4.68. The van der Waals surface area contributed by atoms with Crippen molar-refractivity contribution in [2.24, 2.45) is 5.16 Å². The van der Waals surface area contributed by atoms with E-state index in [1.807, 2.05) is 29.7 Å². The van der Waals surface area contributed by atoms with Gasteiger partial charge in [-0.2, -0.15) is 0 Å². The van der Waals surface area contributed by atoms with E-state index in [0.717, 1.165) is 0 Å². The van der Waals surface area contributed by atoms with Gasteiger partial charge in [-0.1, -0.05) is 11.2 Å². The number of rotatable bonds is 3. The topological polar surface area (TPSA) is 21.6 Å². The molecule has 0 amide bonds. The minimum Gasteiger partial charge on any atom is -0.399 e. The lowest BCUT2D eigenvalue weighted by Gasteiger charge is -1.80. The van der Waals surface area contributed by atoms with Gasteiger partial charge in [0.2, 0.25) is 0 Å². The molecule has 1 rings (SSSR count). The fourth-order valence-electron chi connectivity index (χ4n) is 0.620. The van der Waals surface area contributed by atoms with E-state index in [4.69, 9.17) is 0 Å². The van der Waals surface area contributed by atoms with Gasteiger partial charge >= 0.3 is 0 Å². The molecule has 0 saturated heterocycles. The first-order valence-corrected chi connectivity index (χ1v) is 4.08. The highest BCUT2D eigenvalue weighted by Crippen LogP contribution is 2.09. The Kier molecular flexibility index (Phi) is 3.41. The summed E-state index contributed by atoms with van der Waals surface area (Å²) in [5.74, 6) is 0. The molecule has 0 radical (unpaired) electrons. The van der Waals surface area contributed by atoms with Crippen molar-refractivity contribution >= 4 is 23.6 Å². The van der Waals surface area contributed by atoms with Crippen LogP contribution < -0.4 is 0 Å². The van der Waals surface area contributed by atoms with Crippen molar-refractivity contribution < 1.29 is 4.84 Å². The van der Waals surface area contributed by atoms with E-state index in [1.165, 1.54) is 12.0 Å². The summed E-state index contributed by atoms with van der Waals surface area (Å²) in [4.78, 5) is 5.70. The molecule has 11 heavy (non-hydrogen) atoms. The molecule has 0 unspecified atom stereocenters. The summed E-state index contributed by atoms with van der Waals surface area (Å²) in [5.41, 5.74) is 0. The van der Waals surface area contributed by atoms with Gasteiger partial charge in [0.1, 0.15) is 7.11 Å². The summed E-state index contributed by atoms with van der Waals surface area (Å²) in [6.07, 6.45) is 5.43. The van der Waals surface area contributed by atoms with E-state index >= 15 is 0 Å². The van der Waals surface area contributed by atoms with Gasteiger partial charge in [0.15, 0.2) is 0 Å². The Bertz CT molecular complexity index is 239. The van der Waals surface area contributed by atoms with Gasteiger partial charge < -0.3 is 4.84 Å². The van der Waals surface area contributed by atoms with Crippen LogP contribution in [0.1, 0.15) is 4.88 Å². The minimum absolute atomic E-state index is 1.22. The van der Waals surface area contributed by atoms with E-state index in [9.17, 15) is 0 Å². The molecular weight excluding hydrogens is 158 g/mol. The van der Waals surface area contributed by atoms with Crippen molar-refractivity contribution in [3.05, 3.63) is 28.5 Å². The molecule has 2 nitrogen and oxygen atoms in total. The van der Waals surface area contributed by atoms with E-state index in [0.29, 0.717) is 0 Å². The number of hydrogen-bond donors (Lipinski definition) is 0. The summed E-state index contributed by atoms with van der Waals surface area (Å²) in [7, 11) is 1.52. The maximum atomic E-state index is 4.48. The number of hydrogen-bond acceptors (Lipinski definition) is 3. The van der Waals surface area contributed by atoms with Crippen molar-refractivity contribution in [2.45, 2.75) is 0 Å². The van der Waals surface area contributed by atoms with Gasteiger partial charge in [0, 0.05) is 4.88 Å². The van der Waals surface area contributed by atoms with Crippen LogP contribution in [0.5, 0.6) is 0 Å². The van der Waals surface area contributed by atoms with Gasteiger partial charge in [-0.15, -0.1) is 11.3 Å². The summed E-state index contributed by atoms with van der Waals surface area (Å²) >= 11 is 1.69. The average Bonchev–Trinajstić information content (AvgIpc) is 2.50. The Labute approximate surface area is 69.8 Å². The lowest BCUT2D eigenvalue weighted by atomic mass is 10.4. The van der Waals surface area contributed by atoms with Crippen molar-refractivity contribution in [1.82, 2.24) is 0 Å². The fourth-order valence-corrected chi connectivity index (χ4v) is 1.25. The highest BCUT2D eigenvalue weighted by atomic mass is 32.1. The molecule has 58 valence electrons. The summed E-state index contributed by atoms with van der Waals surface area (Å²) < 4.78 is 0. The maximum absolute atomic E-state index is 4.48. The molecular formula is C8H9NOS. The maximum Gasteiger partial charge on any atom is 0.106 e. The SMILES string of the molecule is CON=CC=Cc1cccs1. The zero-order valence-electron chi connectivity index (χ0n) is 6.23. The van der Waals surface area contributed by atoms with Gasteiger partial charge in [0.25, 0.3) is 0 Å². The predicted molar refractivity (Wildman–Crippen MR) is 48.9 cm³/mol. The van der Waals surface area contributed by atoms with Crippen LogP contribution in [0, 0.1) is 0 Å². The highest BCUT2D eigenvalue weighted by molar-refractivity contribution is 7.10. The van der Waals surface area contributed by atoms with Crippen LogP contribution in [-0.4, -0.2) is 13.3 Å². The second-order valence-electron chi connectivity index (χ2n) is 1.81. The first-order valence-electron chi connectivity index (χ1n) is 3.20. The molecule has 3 heteroatoms. The Morgan fingerprint density at radius 1 is 1.64 bits per heavy atom. The summed E-state index contributed by atoms with van der Waals surface area (Å²) in [6.45, 7) is 0. The van der Waals surface area contributed by atoms with Crippen LogP contribution in [0.4, 0.5) is 0 Å². The third kappa shape index (κ3) is 3.00. The molecule has 0 spiro atoms. The van der Waals surface area contributed by atoms with Crippen molar-refractivity contribution in [2.75, 3.05) is 7.11 Å². The van der Waals surface area contributed by atoms with E-state index in [-0.39, 0.29) is 0 Å². The molecule has 0 aliphatic carbocycles. The van der Waals surface area contributed by atoms with Gasteiger partial charge in [0.05, 0.1) is 6.21 Å². The van der Waals surface area contributed by atoms with Gasteiger partial charge in [-0.25, -0.2) is 0 Å². The number of oxime groups is 1. The Morgan fingerprint density at radius 3 is 3.18 bits per heavy atom. The number of nitrogens with zero attached hydrogens (tertiary/aromatic N) is 1. The monoisotopic (exact) mass is 167 g/mol. The van der Waals surface area contributed by atoms with Crippen LogP contribution in [0.2, 0.25) is 0 Å². The molecule has 0 atom stereocenters. The first kappa shape index (κ1) is 8.01. The van der Waals surface area contributed by atoms with Crippen LogP contribution >= 0.6 is 11.3 Å². The summed E-state index contributed by atoms with van der Waals surface area (Å²) in [5, 5.41) is 5.60. The normalized spacial score (nSPS) is 11.4. The van der Waals surface area contributed by atoms with Crippen molar-refractivity contribution in [1.29, 1.82) is 0 Å². The molecule has 1 heterocycles. The fraction of sp³-hybridized carbons (Fsp3) is 0.125. The van der Waals surface area contributed by atoms with Crippen molar-refractivity contribution in [3.63, 3.8) is 0 Å². The zero-order valence-corrected chi connectivity index (χ0v) is 7.04. The minimum atomic E-state index is 1.22. The molecule has 0 saturated carbocycles. The quantitative estimate of drug-likeness (QED) is 0.500. The zero-order chi connectivity index (χ0) is 7.94. The third-order valence-corrected chi connectivity index (χ3v) is 1.89. The van der Waals surface area contributed by atoms with Gasteiger partial charge in [-0.3, -0.25) is 0 Å². The molecule has 1 aromatic heterocycles. The Hall–Kier alpha value is -1.09. The molecule has 0 bridgehead atoms. The second-order valence-corrected chi connectivity index (χ2v) is 2.79.